The molecule has 3 aromatic rings. The second-order valence-electron chi connectivity index (χ2n) is 7.93. The Hall–Kier alpha value is -3.51. The Kier molecular flexibility index (Phi) is 6.43. The Morgan fingerprint density at radius 2 is 1.82 bits per heavy atom. The highest BCUT2D eigenvalue weighted by atomic mass is 32.2. The van der Waals surface area contributed by atoms with Crippen molar-refractivity contribution in [3.8, 4) is 5.75 Å². The largest absolute Gasteiger partial charge is 0.496 e. The first kappa shape index (κ1) is 24.1. The molecule has 0 bridgehead atoms. The van der Waals surface area contributed by atoms with Crippen molar-refractivity contribution in [2.45, 2.75) is 38.5 Å². The maximum atomic E-state index is 13.7. The zero-order chi connectivity index (χ0) is 24.7. The van der Waals surface area contributed by atoms with E-state index in [1.165, 1.54) is 32.5 Å². The lowest BCUT2D eigenvalue weighted by atomic mass is 9.93. The maximum absolute atomic E-state index is 13.7. The van der Waals surface area contributed by atoms with Gasteiger partial charge in [0.25, 0.3) is 16.0 Å². The fourth-order valence-corrected chi connectivity index (χ4v) is 3.99. The molecule has 3 rings (SSSR count). The van der Waals surface area contributed by atoms with Crippen LogP contribution in [0.5, 0.6) is 5.75 Å². The Balaban J connectivity index is 2.30. The quantitative estimate of drug-likeness (QED) is 0.323. The molecule has 0 fully saturated rings. The smallest absolute Gasteiger partial charge is 0.267 e. The molecule has 2 aromatic heterocycles. The predicted octanol–water partition coefficient (Wildman–Crippen LogP) is 1.75. The van der Waals surface area contributed by atoms with E-state index in [1.54, 1.807) is 10.8 Å². The summed E-state index contributed by atoms with van der Waals surface area (Å²) in [5.41, 5.74) is 12.4. The molecule has 0 aliphatic carbocycles. The number of anilines is 1. The van der Waals surface area contributed by atoms with Crippen LogP contribution in [0.25, 0.3) is 11.0 Å². The topological polar surface area (TPSA) is 180 Å². The molecule has 1 atom stereocenters. The molecule has 0 saturated carbocycles. The number of benzene rings is 1. The Bertz CT molecular complexity index is 1360. The van der Waals surface area contributed by atoms with Crippen molar-refractivity contribution in [1.29, 1.82) is 0 Å². The number of rotatable bonds is 8. The summed E-state index contributed by atoms with van der Waals surface area (Å²) in [6.45, 7) is 5.11. The fourth-order valence-electron chi connectivity index (χ4n) is 3.60. The number of aromatic nitrogens is 3. The van der Waals surface area contributed by atoms with E-state index in [-0.39, 0.29) is 46.3 Å². The number of amides is 1. The van der Waals surface area contributed by atoms with Gasteiger partial charge in [0.15, 0.2) is 5.78 Å². The molecule has 0 spiro atoms. The second-order valence-corrected chi connectivity index (χ2v) is 9.77. The molecular formula is C21H25N5O6S. The summed E-state index contributed by atoms with van der Waals surface area (Å²) < 4.78 is 39.7. The first-order chi connectivity index (χ1) is 15.4. The van der Waals surface area contributed by atoms with E-state index in [0.29, 0.717) is 11.0 Å². The Morgan fingerprint density at radius 1 is 1.15 bits per heavy atom. The normalized spacial score (nSPS) is 12.8. The van der Waals surface area contributed by atoms with Gasteiger partial charge < -0.3 is 20.8 Å². The van der Waals surface area contributed by atoms with Gasteiger partial charge in [-0.05, 0) is 44.9 Å². The van der Waals surface area contributed by atoms with Crippen molar-refractivity contribution < 1.29 is 27.3 Å². The lowest BCUT2D eigenvalue weighted by Crippen LogP contribution is -2.22. The predicted molar refractivity (Wildman–Crippen MR) is 122 cm³/mol. The van der Waals surface area contributed by atoms with Crippen LogP contribution in [0.1, 0.15) is 58.7 Å². The highest BCUT2D eigenvalue weighted by molar-refractivity contribution is 7.86. The maximum Gasteiger partial charge on any atom is 0.267 e. The average molecular weight is 476 g/mol. The summed E-state index contributed by atoms with van der Waals surface area (Å²) in [6.07, 6.45) is 2.67. The molecule has 1 amide bonds. The zero-order valence-electron chi connectivity index (χ0n) is 18.6. The van der Waals surface area contributed by atoms with Crippen molar-refractivity contribution in [2.75, 3.05) is 12.8 Å². The van der Waals surface area contributed by atoms with Gasteiger partial charge in [-0.3, -0.25) is 14.1 Å². The number of hydrogen-bond acceptors (Lipinski definition) is 8. The van der Waals surface area contributed by atoms with Crippen LogP contribution in [0.2, 0.25) is 0 Å². The first-order valence-corrected chi connectivity index (χ1v) is 11.5. The summed E-state index contributed by atoms with van der Waals surface area (Å²) in [6, 6.07) is 2.57. The van der Waals surface area contributed by atoms with E-state index in [9.17, 15) is 22.6 Å². The number of methoxy groups -OCH3 is 1. The average Bonchev–Trinajstić information content (AvgIpc) is 3.13. The lowest BCUT2D eigenvalue weighted by Gasteiger charge is -2.16. The molecule has 2 heterocycles. The number of nitrogen functional groups attached to an aromatic ring is 1. The van der Waals surface area contributed by atoms with Crippen molar-refractivity contribution in [1.82, 2.24) is 14.5 Å². The molecule has 33 heavy (non-hydrogen) atoms. The second kappa shape index (κ2) is 8.79. The van der Waals surface area contributed by atoms with Crippen LogP contribution in [0.4, 0.5) is 5.82 Å². The number of primary amides is 1. The summed E-state index contributed by atoms with van der Waals surface area (Å²) in [5, 5.41) is -0.889. The Morgan fingerprint density at radius 3 is 2.36 bits per heavy atom. The number of nitrogens with two attached hydrogens (primary N) is 2. The Labute approximate surface area is 190 Å². The fraction of sp³-hybridized carbons (Fsp3) is 0.333. The molecule has 0 aliphatic rings. The summed E-state index contributed by atoms with van der Waals surface area (Å²) in [4.78, 5) is 34.0. The number of carbonyl (C=O) groups is 2. The van der Waals surface area contributed by atoms with E-state index in [0.717, 1.165) is 0 Å². The van der Waals surface area contributed by atoms with Crippen molar-refractivity contribution in [3.05, 3.63) is 46.9 Å². The molecule has 0 saturated heterocycles. The minimum Gasteiger partial charge on any atom is -0.496 e. The third-order valence-corrected chi connectivity index (χ3v) is 6.57. The molecular weight excluding hydrogens is 450 g/mol. The number of ketones is 1. The molecule has 12 heteroatoms. The van der Waals surface area contributed by atoms with Gasteiger partial charge in [-0.2, -0.15) is 8.42 Å². The molecule has 0 aliphatic heterocycles. The van der Waals surface area contributed by atoms with Crippen molar-refractivity contribution >= 4 is 38.7 Å². The molecule has 5 N–H and O–H groups in total. The number of hydrogen-bond donors (Lipinski definition) is 3. The molecule has 11 nitrogen and oxygen atoms in total. The summed E-state index contributed by atoms with van der Waals surface area (Å²) in [7, 11) is -3.08. The third kappa shape index (κ3) is 4.52. The van der Waals surface area contributed by atoms with E-state index in [2.05, 4.69) is 9.97 Å². The number of carbonyl (C=O) groups excluding carboxylic acids is 2. The van der Waals surface area contributed by atoms with Crippen LogP contribution < -0.4 is 16.2 Å². The van der Waals surface area contributed by atoms with Crippen LogP contribution >= 0.6 is 0 Å². The molecule has 176 valence electrons. The lowest BCUT2D eigenvalue weighted by molar-refractivity contribution is 0.0997. The summed E-state index contributed by atoms with van der Waals surface area (Å²) in [5.74, 6) is -1.20. The zero-order valence-corrected chi connectivity index (χ0v) is 19.4. The van der Waals surface area contributed by atoms with Crippen LogP contribution in [0, 0.1) is 0 Å². The van der Waals surface area contributed by atoms with E-state index < -0.39 is 27.1 Å². The molecule has 0 radical (unpaired) electrons. The highest BCUT2D eigenvalue weighted by Gasteiger charge is 2.27. The van der Waals surface area contributed by atoms with Crippen LogP contribution in [-0.2, 0) is 16.5 Å². The van der Waals surface area contributed by atoms with Crippen LogP contribution in [0.15, 0.2) is 24.7 Å². The van der Waals surface area contributed by atoms with E-state index in [1.807, 2.05) is 13.8 Å². The van der Waals surface area contributed by atoms with Gasteiger partial charge >= 0.3 is 0 Å². The van der Waals surface area contributed by atoms with E-state index in [4.69, 9.17) is 16.2 Å². The number of nitrogens with zero attached hydrogens (tertiary/aromatic N) is 3. The standard InChI is InChI=1S/C21H25N5O6S/c1-10(2)26-8-15(17-19(22)24-9-25-21(17)26)18(27)13-7-14(20(23)28)16(32-4)6-12(13)5-11(3)33(29,30)31/h6-11H,5H2,1-4H3,(H2,23,28)(H2,22,24,25)(H,29,30,31). The van der Waals surface area contributed by atoms with Crippen molar-refractivity contribution in [3.63, 3.8) is 0 Å². The monoisotopic (exact) mass is 475 g/mol. The summed E-state index contributed by atoms with van der Waals surface area (Å²) >= 11 is 0. The first-order valence-electron chi connectivity index (χ1n) is 9.99. The van der Waals surface area contributed by atoms with Gasteiger partial charge in [0.1, 0.15) is 23.5 Å². The van der Waals surface area contributed by atoms with Gasteiger partial charge in [0.05, 0.1) is 28.9 Å². The number of ether oxygens (including phenoxy) is 1. The van der Waals surface area contributed by atoms with Crippen LogP contribution in [-0.4, -0.2) is 51.6 Å². The van der Waals surface area contributed by atoms with Gasteiger partial charge in [0, 0.05) is 17.8 Å². The minimum atomic E-state index is -4.39. The third-order valence-electron chi connectivity index (χ3n) is 5.39. The van der Waals surface area contributed by atoms with Gasteiger partial charge in [-0.25, -0.2) is 9.97 Å². The van der Waals surface area contributed by atoms with E-state index >= 15 is 0 Å². The molecule has 1 unspecified atom stereocenters. The highest BCUT2D eigenvalue weighted by Crippen LogP contribution is 2.32. The molecule has 1 aromatic carbocycles. The van der Waals surface area contributed by atoms with Crippen molar-refractivity contribution in [2.24, 2.45) is 5.73 Å². The van der Waals surface area contributed by atoms with Gasteiger partial charge in [-0.1, -0.05) is 0 Å². The van der Waals surface area contributed by atoms with Gasteiger partial charge in [0.2, 0.25) is 0 Å². The SMILES string of the molecule is COc1cc(CC(C)S(=O)(=O)O)c(C(=O)c2cn(C(C)C)c3ncnc(N)c23)cc1C(N)=O. The van der Waals surface area contributed by atoms with Gasteiger partial charge in [-0.15, -0.1) is 0 Å². The van der Waals surface area contributed by atoms with Crippen LogP contribution in [0.3, 0.4) is 0 Å². The number of fused-ring (bicyclic) bond motifs is 1. The minimum absolute atomic E-state index is 0.0196.